The van der Waals surface area contributed by atoms with Gasteiger partial charge in [-0.2, -0.15) is 0 Å². The molecule has 0 aromatic carbocycles. The number of aromatic amines is 6. The molecular weight excluding hydrogens is 1420 g/mol. The van der Waals surface area contributed by atoms with Crippen LogP contribution in [0.5, 0.6) is 0 Å². The van der Waals surface area contributed by atoms with Crippen LogP contribution in [0.15, 0.2) is 72.8 Å². The van der Waals surface area contributed by atoms with E-state index < -0.39 is 0 Å². The maximum absolute atomic E-state index is 5.97. The maximum Gasteiger partial charge on any atom is 0.0693 e. The monoisotopic (exact) mass is 1530 g/mol. The Hall–Kier alpha value is -10.2. The van der Waals surface area contributed by atoms with Crippen LogP contribution in [0.3, 0.4) is 0 Å². The highest BCUT2D eigenvalue weighted by Gasteiger charge is 2.46. The molecule has 4 unspecified atom stereocenters. The number of aromatic nitrogens is 12. The molecule has 0 saturated heterocycles. The summed E-state index contributed by atoms with van der Waals surface area (Å²) in [4.78, 5) is 60.0. The van der Waals surface area contributed by atoms with Crippen LogP contribution in [0.25, 0.3) is 133 Å². The van der Waals surface area contributed by atoms with Gasteiger partial charge in [-0.05, 0) is 363 Å². The minimum absolute atomic E-state index is 0.0918. The maximum atomic E-state index is 5.97. The highest BCUT2D eigenvalue weighted by molar-refractivity contribution is 6.02. The zero-order valence-corrected chi connectivity index (χ0v) is 71.9. The Morgan fingerprint density at radius 1 is 0.216 bits per heavy atom. The lowest BCUT2D eigenvalue weighted by Crippen LogP contribution is -2.22. The molecule has 12 nitrogen and oxygen atoms in total. The molecule has 12 aliphatic rings. The van der Waals surface area contributed by atoms with Crippen molar-refractivity contribution in [2.24, 2.45) is 0 Å². The molecule has 116 heavy (non-hydrogen) atoms. The smallest absolute Gasteiger partial charge is 0.0693 e. The van der Waals surface area contributed by atoms with Crippen LogP contribution in [0, 0.1) is 0 Å². The van der Waals surface area contributed by atoms with Gasteiger partial charge in [0.2, 0.25) is 0 Å². The first kappa shape index (κ1) is 75.8. The zero-order valence-electron chi connectivity index (χ0n) is 71.9. The lowest BCUT2D eigenvalue weighted by atomic mass is 9.64. The van der Waals surface area contributed by atoms with E-state index in [1.807, 2.05) is 0 Å². The number of unbranched alkanes of at least 4 members (excludes halogenated alkanes) is 4. The quantitative estimate of drug-likeness (QED) is 0.0443. The van der Waals surface area contributed by atoms with Gasteiger partial charge in [-0.15, -0.1) is 0 Å². The van der Waals surface area contributed by atoms with Crippen molar-refractivity contribution in [2.75, 3.05) is 0 Å². The number of allylic oxidation sites excluding steroid dienone is 12. The SMILES string of the molecule is CCCCC1=C(C)c2cc3[nH]c(cc4nc(cc5[nH]c(cc1n2)c(CC)c5CC)C(CCCC)=C4C)c1c3C2CCC1c1c2c2cc3nc(cc4[nH]c(cc5nc(cc1[nH]2)C(CC)=C5CC)c1c4C2CCC1c1c2c2cc4nc(cc5[nH]c(cc6nc(cc1[nH]2)C(C)=C6CCCC)c(CC)c5CC)C(CCCC)=C4C)C(CC)=C3CC. The topological polar surface area (TPSA) is 172 Å². The van der Waals surface area contributed by atoms with E-state index in [0.29, 0.717) is 0 Å². The van der Waals surface area contributed by atoms with E-state index in [1.54, 1.807) is 0 Å². The third kappa shape index (κ3) is 11.9. The third-order valence-corrected chi connectivity index (χ3v) is 28.7. The molecule has 0 radical (unpaired) electrons. The Morgan fingerprint density at radius 3 is 0.560 bits per heavy atom. The van der Waals surface area contributed by atoms with Gasteiger partial charge in [0.25, 0.3) is 0 Å². The summed E-state index contributed by atoms with van der Waals surface area (Å²) in [5.41, 5.74) is 59.4. The van der Waals surface area contributed by atoms with Crippen LogP contribution >= 0.6 is 0 Å². The molecule has 9 aromatic heterocycles. The first-order valence-electron chi connectivity index (χ1n) is 45.3. The number of fused-ring (bicyclic) bond motifs is 26. The lowest BCUT2D eigenvalue weighted by molar-refractivity contribution is 0.536. The molecule has 15 heterocycles. The standard InChI is InChI=1S/C104H118N12/c1-17-29-33-65-53(13)73-41-89-97-69-37-38-70(98(97)90(113-89)42-74-54(14)66(34-30-18-2)86(106-74)46-78-58(22-6)57(21-5)77(109-78)45-85(65)105-73)102-94-50-82-63(27-11)64(28-12)84(112-82)52-96-104-72-40-39-71(103(104)95(116-96)51-83-62(26-10)61(25-9)81(111-83)49-93(115-94)101(69)102)99-91-43-75-55(15)67(35-31-19-3)87(107-75)47-79-59(23-7)60(24-8)80(110-79)48-88-68(36-32-20-4)56(16)76(108-88)44-92(114-91)100(72)99/h41-52,69-72,109-110,113-116H,17-40H2,1-16H3. The van der Waals surface area contributed by atoms with E-state index in [-0.39, 0.29) is 23.7 Å². The Kier molecular flexibility index (Phi) is 19.6. The molecule has 6 N–H and O–H groups in total. The van der Waals surface area contributed by atoms with Crippen molar-refractivity contribution in [3.05, 3.63) is 208 Å². The molecule has 6 aliphatic carbocycles. The summed E-state index contributed by atoms with van der Waals surface area (Å²) in [6.45, 7) is 37.2. The summed E-state index contributed by atoms with van der Waals surface area (Å²) < 4.78 is 0. The number of H-pyrrole nitrogens is 6. The van der Waals surface area contributed by atoms with Crippen molar-refractivity contribution < 1.29 is 0 Å². The van der Waals surface area contributed by atoms with Gasteiger partial charge < -0.3 is 29.9 Å². The first-order valence-corrected chi connectivity index (χ1v) is 45.3. The van der Waals surface area contributed by atoms with Crippen LogP contribution in [-0.4, -0.2) is 59.8 Å². The largest absolute Gasteiger partial charge is 0.355 e. The molecule has 9 aromatic rings. The van der Waals surface area contributed by atoms with Gasteiger partial charge >= 0.3 is 0 Å². The Balaban J connectivity index is 0.867. The number of hydrogen-bond donors (Lipinski definition) is 6. The van der Waals surface area contributed by atoms with Crippen molar-refractivity contribution in [1.82, 2.24) is 59.8 Å². The average molecular weight is 1540 g/mol. The second-order valence-electron chi connectivity index (χ2n) is 34.9. The highest BCUT2D eigenvalue weighted by atomic mass is 14.9. The summed E-state index contributed by atoms with van der Waals surface area (Å²) >= 11 is 0. The molecule has 12 heteroatoms. The van der Waals surface area contributed by atoms with Gasteiger partial charge in [0.05, 0.1) is 68.3 Å². The Bertz CT molecular complexity index is 5690. The van der Waals surface area contributed by atoms with Crippen molar-refractivity contribution in [3.8, 4) is 0 Å². The van der Waals surface area contributed by atoms with Crippen LogP contribution in [0.2, 0.25) is 0 Å². The predicted molar refractivity (Wildman–Crippen MR) is 489 cm³/mol. The fraction of sp³-hybridized carbons (Fsp3) is 0.423. The van der Waals surface area contributed by atoms with Gasteiger partial charge in [-0.25, -0.2) is 29.9 Å². The van der Waals surface area contributed by atoms with E-state index >= 15 is 0 Å². The third-order valence-electron chi connectivity index (χ3n) is 28.7. The van der Waals surface area contributed by atoms with Gasteiger partial charge in [-0.3, -0.25) is 0 Å². The van der Waals surface area contributed by atoms with Crippen molar-refractivity contribution in [2.45, 2.75) is 289 Å². The minimum atomic E-state index is 0.0918. The first-order chi connectivity index (χ1) is 56.6. The lowest BCUT2D eigenvalue weighted by Gasteiger charge is -2.37. The van der Waals surface area contributed by atoms with Crippen LogP contribution in [-0.2, 0) is 25.7 Å². The molecule has 0 spiro atoms. The number of rotatable bonds is 20. The highest BCUT2D eigenvalue weighted by Crippen LogP contribution is 2.61. The minimum Gasteiger partial charge on any atom is -0.355 e. The van der Waals surface area contributed by atoms with E-state index in [0.717, 1.165) is 267 Å². The Labute approximate surface area is 685 Å². The number of nitrogens with zero attached hydrogens (tertiary/aromatic N) is 6. The fourth-order valence-electron chi connectivity index (χ4n) is 23.0. The average Bonchev–Trinajstić information content (AvgIpc) is 1.54. The summed E-state index contributed by atoms with van der Waals surface area (Å²) in [6, 6.07) is 29.2. The molecule has 0 fully saturated rings. The number of nitrogens with one attached hydrogen (secondary N) is 6. The normalized spacial score (nSPS) is 18.0. The summed E-state index contributed by atoms with van der Waals surface area (Å²) in [5, 5.41) is 0. The number of hydrogen-bond acceptors (Lipinski definition) is 6. The van der Waals surface area contributed by atoms with E-state index in [9.17, 15) is 0 Å². The predicted octanol–water partition coefficient (Wildman–Crippen LogP) is 28.5. The van der Waals surface area contributed by atoms with Gasteiger partial charge in [0.15, 0.2) is 0 Å². The van der Waals surface area contributed by atoms with Crippen LogP contribution in [0.1, 0.15) is 398 Å². The molecule has 21 rings (SSSR count). The van der Waals surface area contributed by atoms with E-state index in [4.69, 9.17) is 29.9 Å². The van der Waals surface area contributed by atoms with Crippen LogP contribution in [0.4, 0.5) is 0 Å². The molecule has 0 amide bonds. The molecule has 4 atom stereocenters. The van der Waals surface area contributed by atoms with Gasteiger partial charge in [-0.1, -0.05) is 109 Å². The number of aryl methyl sites for hydroxylation is 4. The summed E-state index contributed by atoms with van der Waals surface area (Å²) in [7, 11) is 0. The summed E-state index contributed by atoms with van der Waals surface area (Å²) in [5.74, 6) is 0.367. The molecular formula is C104H118N12. The molecule has 6 aliphatic heterocycles. The fourth-order valence-corrected chi connectivity index (χ4v) is 23.0. The van der Waals surface area contributed by atoms with Crippen molar-refractivity contribution in [3.63, 3.8) is 0 Å². The summed E-state index contributed by atoms with van der Waals surface area (Å²) in [6.07, 6.45) is 24.2. The van der Waals surface area contributed by atoms with E-state index in [2.05, 4.69) is 213 Å². The van der Waals surface area contributed by atoms with Gasteiger partial charge in [0, 0.05) is 89.9 Å². The van der Waals surface area contributed by atoms with Gasteiger partial charge in [0.1, 0.15) is 0 Å². The second-order valence-corrected chi connectivity index (χ2v) is 34.9. The Morgan fingerprint density at radius 2 is 0.379 bits per heavy atom. The molecule has 0 saturated carbocycles. The van der Waals surface area contributed by atoms with Crippen LogP contribution < -0.4 is 0 Å². The van der Waals surface area contributed by atoms with Crippen molar-refractivity contribution in [1.29, 1.82) is 0 Å². The molecule has 28 bridgehead atoms. The van der Waals surface area contributed by atoms with E-state index in [1.165, 1.54) is 156 Å². The zero-order chi connectivity index (χ0) is 80.0. The molecule has 594 valence electrons. The second kappa shape index (κ2) is 30.1. The van der Waals surface area contributed by atoms with Crippen molar-refractivity contribution >= 4 is 133 Å².